The summed E-state index contributed by atoms with van der Waals surface area (Å²) in [6, 6.07) is 19.3. The number of H-pyrrole nitrogens is 2. The van der Waals surface area contributed by atoms with Crippen molar-refractivity contribution in [3.63, 3.8) is 0 Å². The van der Waals surface area contributed by atoms with Crippen molar-refractivity contribution >= 4 is 27.6 Å². The Morgan fingerprint density at radius 2 is 1.73 bits per heavy atom. The number of aromatic amines is 2. The van der Waals surface area contributed by atoms with Crippen LogP contribution in [0.25, 0.3) is 33.3 Å². The lowest BCUT2D eigenvalue weighted by Gasteiger charge is -2.12. The van der Waals surface area contributed by atoms with Crippen LogP contribution >= 0.6 is 0 Å². The van der Waals surface area contributed by atoms with Gasteiger partial charge in [0, 0.05) is 29.2 Å². The van der Waals surface area contributed by atoms with Crippen LogP contribution in [0.2, 0.25) is 0 Å². The Kier molecular flexibility index (Phi) is 4.28. The number of imidazole rings is 1. The zero-order valence-electron chi connectivity index (χ0n) is 15.7. The number of halogens is 2. The van der Waals surface area contributed by atoms with Gasteiger partial charge in [-0.1, -0.05) is 24.3 Å². The molecule has 0 radical (unpaired) electrons. The number of hydrogen-bond donors (Lipinski definition) is 3. The Labute approximate surface area is 169 Å². The number of nitrogens with one attached hydrogen (secondary N) is 3. The molecule has 0 fully saturated rings. The molecule has 0 saturated carbocycles. The van der Waals surface area contributed by atoms with Crippen LogP contribution in [-0.4, -0.2) is 15.0 Å². The minimum absolute atomic E-state index is 0.134. The molecule has 5 rings (SSSR count). The molecule has 3 N–H and O–H groups in total. The molecule has 5 nitrogen and oxygen atoms in total. The molecule has 2 aromatic heterocycles. The summed E-state index contributed by atoms with van der Waals surface area (Å²) in [5.74, 6) is -1.35. The molecule has 0 saturated heterocycles. The Bertz CT molecular complexity index is 1420. The molecular formula is C23H16F2N4O. The summed E-state index contributed by atoms with van der Waals surface area (Å²) >= 11 is 0. The van der Waals surface area contributed by atoms with Crippen LogP contribution in [-0.2, 0) is 6.54 Å². The van der Waals surface area contributed by atoms with Gasteiger partial charge in [0.1, 0.15) is 5.82 Å². The number of benzene rings is 3. The highest BCUT2D eigenvalue weighted by atomic mass is 19.2. The van der Waals surface area contributed by atoms with Gasteiger partial charge in [-0.05, 0) is 42.0 Å². The Morgan fingerprint density at radius 3 is 2.60 bits per heavy atom. The van der Waals surface area contributed by atoms with E-state index in [1.54, 1.807) is 0 Å². The Morgan fingerprint density at radius 1 is 0.933 bits per heavy atom. The maximum Gasteiger partial charge on any atom is 0.248 e. The molecule has 5 aromatic rings. The van der Waals surface area contributed by atoms with Crippen LogP contribution in [0.4, 0.5) is 14.5 Å². The van der Waals surface area contributed by atoms with Crippen molar-refractivity contribution in [2.75, 3.05) is 5.32 Å². The fourth-order valence-electron chi connectivity index (χ4n) is 3.60. The summed E-state index contributed by atoms with van der Waals surface area (Å²) in [7, 11) is 0. The first-order chi connectivity index (χ1) is 14.6. The van der Waals surface area contributed by atoms with E-state index in [-0.39, 0.29) is 12.1 Å². The number of aromatic nitrogens is 3. The lowest BCUT2D eigenvalue weighted by molar-refractivity contribution is 0.515. The van der Waals surface area contributed by atoms with E-state index in [0.717, 1.165) is 28.4 Å². The van der Waals surface area contributed by atoms with E-state index in [2.05, 4.69) is 20.3 Å². The third-order valence-corrected chi connectivity index (χ3v) is 5.04. The van der Waals surface area contributed by atoms with E-state index in [0.29, 0.717) is 16.8 Å². The average Bonchev–Trinajstić information content (AvgIpc) is 3.19. The van der Waals surface area contributed by atoms with Crippen LogP contribution in [0, 0.1) is 11.6 Å². The predicted octanol–water partition coefficient (Wildman–Crippen LogP) is 4.96. The van der Waals surface area contributed by atoms with Crippen molar-refractivity contribution in [3.8, 4) is 11.4 Å². The topological polar surface area (TPSA) is 73.6 Å². The second-order valence-electron chi connectivity index (χ2n) is 6.94. The van der Waals surface area contributed by atoms with E-state index in [1.165, 1.54) is 12.1 Å². The minimum atomic E-state index is -1.06. The summed E-state index contributed by atoms with van der Waals surface area (Å²) in [5, 5.41) is 3.74. The van der Waals surface area contributed by atoms with Crippen LogP contribution in [0.1, 0.15) is 5.56 Å². The third-order valence-electron chi connectivity index (χ3n) is 5.04. The lowest BCUT2D eigenvalue weighted by atomic mass is 10.1. The van der Waals surface area contributed by atoms with E-state index in [4.69, 9.17) is 0 Å². The summed E-state index contributed by atoms with van der Waals surface area (Å²) in [4.78, 5) is 22.3. The van der Waals surface area contributed by atoms with Crippen molar-refractivity contribution in [1.29, 1.82) is 0 Å². The monoisotopic (exact) mass is 402 g/mol. The van der Waals surface area contributed by atoms with Crippen molar-refractivity contribution in [3.05, 3.63) is 94.3 Å². The fourth-order valence-corrected chi connectivity index (χ4v) is 3.60. The van der Waals surface area contributed by atoms with Crippen LogP contribution in [0.5, 0.6) is 0 Å². The summed E-state index contributed by atoms with van der Waals surface area (Å²) < 4.78 is 27.7. The van der Waals surface area contributed by atoms with Gasteiger partial charge < -0.3 is 15.3 Å². The summed E-state index contributed by atoms with van der Waals surface area (Å²) in [6.45, 7) is 0.253. The number of hydrogen-bond acceptors (Lipinski definition) is 3. The molecule has 2 heterocycles. The first kappa shape index (κ1) is 18.1. The van der Waals surface area contributed by atoms with Gasteiger partial charge in [0.15, 0.2) is 11.6 Å². The van der Waals surface area contributed by atoms with Crippen LogP contribution in [0.3, 0.4) is 0 Å². The van der Waals surface area contributed by atoms with Crippen molar-refractivity contribution in [1.82, 2.24) is 15.0 Å². The average molecular weight is 402 g/mol. The second kappa shape index (κ2) is 7.11. The van der Waals surface area contributed by atoms with Gasteiger partial charge in [0.05, 0.1) is 16.6 Å². The van der Waals surface area contributed by atoms with Crippen molar-refractivity contribution < 1.29 is 8.78 Å². The van der Waals surface area contributed by atoms with Gasteiger partial charge in [-0.3, -0.25) is 4.79 Å². The van der Waals surface area contributed by atoms with E-state index in [1.807, 2.05) is 48.5 Å². The highest BCUT2D eigenvalue weighted by Gasteiger charge is 2.13. The molecule has 0 aliphatic heterocycles. The van der Waals surface area contributed by atoms with Crippen molar-refractivity contribution in [2.45, 2.75) is 6.54 Å². The van der Waals surface area contributed by atoms with Gasteiger partial charge in [-0.15, -0.1) is 0 Å². The molecule has 148 valence electrons. The maximum absolute atomic E-state index is 14.1. The molecule has 0 atom stereocenters. The lowest BCUT2D eigenvalue weighted by Crippen LogP contribution is -2.11. The molecule has 0 bridgehead atoms. The minimum Gasteiger partial charge on any atom is -0.380 e. The summed E-state index contributed by atoms with van der Waals surface area (Å²) in [6.07, 6.45) is 0. The molecule has 30 heavy (non-hydrogen) atoms. The van der Waals surface area contributed by atoms with Gasteiger partial charge in [-0.25, -0.2) is 13.8 Å². The number of fused-ring (bicyclic) bond motifs is 2. The SMILES string of the molecule is O=c1cc(CNc2ccccc2-c2nc3ccccc3[nH]2)c2ccc(F)c(F)c2[nH]1. The number of rotatable bonds is 4. The number of anilines is 1. The van der Waals surface area contributed by atoms with Gasteiger partial charge in [-0.2, -0.15) is 0 Å². The highest BCUT2D eigenvalue weighted by Crippen LogP contribution is 2.28. The molecule has 0 aliphatic carbocycles. The first-order valence-electron chi connectivity index (χ1n) is 9.38. The van der Waals surface area contributed by atoms with Crippen molar-refractivity contribution in [2.24, 2.45) is 0 Å². The molecule has 3 aromatic carbocycles. The molecule has 0 spiro atoms. The molecule has 0 aliphatic rings. The quantitative estimate of drug-likeness (QED) is 0.398. The van der Waals surface area contributed by atoms with Crippen LogP contribution < -0.4 is 10.9 Å². The van der Waals surface area contributed by atoms with E-state index < -0.39 is 17.2 Å². The first-order valence-corrected chi connectivity index (χ1v) is 9.38. The number of nitrogens with zero attached hydrogens (tertiary/aromatic N) is 1. The number of para-hydroxylation sites is 3. The highest BCUT2D eigenvalue weighted by molar-refractivity contribution is 5.84. The Balaban J connectivity index is 1.53. The van der Waals surface area contributed by atoms with Gasteiger partial charge in [0.25, 0.3) is 0 Å². The standard InChI is InChI=1S/C23H16F2N4O/c24-16-10-9-14-13(11-20(30)29-22(14)21(16)25)12-26-17-6-2-1-5-15(17)23-27-18-7-3-4-8-19(18)28-23/h1-11,26H,12H2,(H,27,28)(H,29,30). The fraction of sp³-hybridized carbons (Fsp3) is 0.0435. The largest absolute Gasteiger partial charge is 0.380 e. The van der Waals surface area contributed by atoms with Gasteiger partial charge >= 0.3 is 0 Å². The molecule has 0 amide bonds. The zero-order chi connectivity index (χ0) is 20.7. The molecular weight excluding hydrogens is 386 g/mol. The van der Waals surface area contributed by atoms with E-state index in [9.17, 15) is 13.6 Å². The molecule has 7 heteroatoms. The van der Waals surface area contributed by atoms with Crippen LogP contribution in [0.15, 0.2) is 71.5 Å². The molecule has 0 unspecified atom stereocenters. The Hall–Kier alpha value is -4.00. The van der Waals surface area contributed by atoms with E-state index >= 15 is 0 Å². The maximum atomic E-state index is 14.1. The normalized spacial score (nSPS) is 11.3. The smallest absolute Gasteiger partial charge is 0.248 e. The predicted molar refractivity (Wildman–Crippen MR) is 113 cm³/mol. The third kappa shape index (κ3) is 3.10. The zero-order valence-corrected chi connectivity index (χ0v) is 15.7. The summed E-state index contributed by atoms with van der Waals surface area (Å²) in [5.41, 5.74) is 3.39. The number of pyridine rings is 1. The second-order valence-corrected chi connectivity index (χ2v) is 6.94. The van der Waals surface area contributed by atoms with Gasteiger partial charge in [0.2, 0.25) is 5.56 Å².